The first-order valence-electron chi connectivity index (χ1n) is 6.49. The molecule has 2 heteroatoms. The van der Waals surface area contributed by atoms with Crippen LogP contribution in [0.15, 0.2) is 60.7 Å². The second-order valence-corrected chi connectivity index (χ2v) is 5.08. The minimum atomic E-state index is -0.492. The van der Waals surface area contributed by atoms with Crippen molar-refractivity contribution in [2.75, 3.05) is 0 Å². The lowest BCUT2D eigenvalue weighted by molar-refractivity contribution is 0.0955. The molecular formula is C17H18OS. The van der Waals surface area contributed by atoms with E-state index in [1.54, 1.807) is 0 Å². The maximum absolute atomic E-state index is 6.09. The van der Waals surface area contributed by atoms with Gasteiger partial charge in [0.15, 0.2) is 10.7 Å². The number of ether oxygens (including phenoxy) is 1. The zero-order valence-electron chi connectivity index (χ0n) is 11.3. The second-order valence-electron chi connectivity index (χ2n) is 4.51. The highest BCUT2D eigenvalue weighted by molar-refractivity contribution is 7.80. The molecule has 0 atom stereocenters. The van der Waals surface area contributed by atoms with Crippen LogP contribution in [0.2, 0.25) is 0 Å². The summed E-state index contributed by atoms with van der Waals surface area (Å²) in [5, 5.41) is 0.564. The first-order valence-corrected chi connectivity index (χ1v) is 6.90. The smallest absolute Gasteiger partial charge is 0.159 e. The van der Waals surface area contributed by atoms with Crippen molar-refractivity contribution in [3.8, 4) is 0 Å². The van der Waals surface area contributed by atoms with Crippen LogP contribution in [0, 0.1) is 0 Å². The molecule has 0 saturated carbocycles. The molecular weight excluding hydrogens is 252 g/mol. The molecule has 0 saturated heterocycles. The molecule has 98 valence electrons. The minimum Gasteiger partial charge on any atom is -0.472 e. The van der Waals surface area contributed by atoms with Crippen LogP contribution < -0.4 is 0 Å². The molecule has 0 aliphatic rings. The summed E-state index contributed by atoms with van der Waals surface area (Å²) in [5.41, 5.74) is 1.77. The molecule has 0 amide bonds. The van der Waals surface area contributed by atoms with Gasteiger partial charge in [0.25, 0.3) is 0 Å². The van der Waals surface area contributed by atoms with E-state index in [0.29, 0.717) is 5.05 Å². The van der Waals surface area contributed by atoms with Gasteiger partial charge in [0, 0.05) is 6.92 Å². The summed E-state index contributed by atoms with van der Waals surface area (Å²) in [5.74, 6) is 0. The number of benzene rings is 2. The van der Waals surface area contributed by atoms with Crippen molar-refractivity contribution in [3.63, 3.8) is 0 Å². The molecule has 0 spiro atoms. The average molecular weight is 270 g/mol. The zero-order valence-corrected chi connectivity index (χ0v) is 12.1. The predicted molar refractivity (Wildman–Crippen MR) is 83.3 cm³/mol. The van der Waals surface area contributed by atoms with E-state index in [0.717, 1.165) is 17.5 Å². The van der Waals surface area contributed by atoms with E-state index < -0.39 is 5.60 Å². The standard InChI is InChI=1S/C17H18OS/c1-3-17(18-14(2)19,15-10-6-4-7-11-15)16-12-8-5-9-13-16/h4-13H,3H2,1-2H3. The molecule has 1 nitrogen and oxygen atoms in total. The molecule has 0 heterocycles. The summed E-state index contributed by atoms with van der Waals surface area (Å²) in [6, 6.07) is 20.5. The van der Waals surface area contributed by atoms with E-state index in [1.807, 2.05) is 43.3 Å². The SMILES string of the molecule is CCC(OC(C)=S)(c1ccccc1)c1ccccc1. The third kappa shape index (κ3) is 2.85. The van der Waals surface area contributed by atoms with Gasteiger partial charge in [-0.3, -0.25) is 0 Å². The quantitative estimate of drug-likeness (QED) is 0.744. The van der Waals surface area contributed by atoms with Crippen LogP contribution >= 0.6 is 12.2 Å². The zero-order chi connectivity index (χ0) is 13.7. The van der Waals surface area contributed by atoms with Crippen molar-refractivity contribution in [3.05, 3.63) is 71.8 Å². The van der Waals surface area contributed by atoms with Gasteiger partial charge in [0.1, 0.15) is 0 Å². The molecule has 0 aliphatic carbocycles. The van der Waals surface area contributed by atoms with E-state index in [4.69, 9.17) is 17.0 Å². The molecule has 0 unspecified atom stereocenters. The van der Waals surface area contributed by atoms with Crippen molar-refractivity contribution in [1.82, 2.24) is 0 Å². The average Bonchev–Trinajstić information content (AvgIpc) is 2.46. The van der Waals surface area contributed by atoms with Gasteiger partial charge in [-0.25, -0.2) is 0 Å². The second kappa shape index (κ2) is 5.98. The lowest BCUT2D eigenvalue weighted by Gasteiger charge is -2.34. The van der Waals surface area contributed by atoms with Crippen molar-refractivity contribution in [2.45, 2.75) is 25.9 Å². The summed E-state index contributed by atoms with van der Waals surface area (Å²) in [6.45, 7) is 3.95. The Morgan fingerprint density at radius 3 is 1.68 bits per heavy atom. The predicted octanol–water partition coefficient (Wildman–Crippen LogP) is 4.70. The van der Waals surface area contributed by atoms with Crippen LogP contribution in [-0.4, -0.2) is 5.05 Å². The molecule has 2 rings (SSSR count). The molecule has 0 N–H and O–H groups in total. The largest absolute Gasteiger partial charge is 0.472 e. The van der Waals surface area contributed by atoms with E-state index >= 15 is 0 Å². The Balaban J connectivity index is 2.58. The highest BCUT2D eigenvalue weighted by Crippen LogP contribution is 2.37. The van der Waals surface area contributed by atoms with Crippen molar-refractivity contribution < 1.29 is 4.74 Å². The Kier molecular flexibility index (Phi) is 4.33. The van der Waals surface area contributed by atoms with Crippen LogP contribution in [-0.2, 0) is 10.3 Å². The number of thiocarbonyl (C=S) groups is 1. The normalized spacial score (nSPS) is 11.1. The molecule has 2 aromatic rings. The summed E-state index contributed by atoms with van der Waals surface area (Å²) in [6.07, 6.45) is 0.828. The van der Waals surface area contributed by atoms with E-state index in [-0.39, 0.29) is 0 Å². The van der Waals surface area contributed by atoms with E-state index in [2.05, 4.69) is 31.2 Å². The molecule has 19 heavy (non-hydrogen) atoms. The summed E-state index contributed by atoms with van der Waals surface area (Å²) < 4.78 is 6.09. The van der Waals surface area contributed by atoms with Crippen molar-refractivity contribution in [2.24, 2.45) is 0 Å². The van der Waals surface area contributed by atoms with Gasteiger partial charge >= 0.3 is 0 Å². The monoisotopic (exact) mass is 270 g/mol. The molecule has 0 aliphatic heterocycles. The van der Waals surface area contributed by atoms with Gasteiger partial charge in [-0.15, -0.1) is 0 Å². The van der Waals surface area contributed by atoms with Crippen LogP contribution in [0.25, 0.3) is 0 Å². The van der Waals surface area contributed by atoms with Crippen LogP contribution in [0.4, 0.5) is 0 Å². The Hall–Kier alpha value is -1.67. The molecule has 0 bridgehead atoms. The highest BCUT2D eigenvalue weighted by Gasteiger charge is 2.34. The summed E-state index contributed by atoms with van der Waals surface area (Å²) in [4.78, 5) is 0. The molecule has 0 fully saturated rings. The molecule has 0 aromatic heterocycles. The molecule has 2 aromatic carbocycles. The fraction of sp³-hybridized carbons (Fsp3) is 0.235. The van der Waals surface area contributed by atoms with E-state index in [9.17, 15) is 0 Å². The van der Waals surface area contributed by atoms with Crippen LogP contribution in [0.1, 0.15) is 31.4 Å². The van der Waals surface area contributed by atoms with Gasteiger partial charge in [-0.05, 0) is 29.8 Å². The Labute approximate surface area is 120 Å². The third-order valence-electron chi connectivity index (χ3n) is 3.30. The lowest BCUT2D eigenvalue weighted by Crippen LogP contribution is -2.32. The maximum atomic E-state index is 6.09. The van der Waals surface area contributed by atoms with E-state index in [1.165, 1.54) is 0 Å². The fourth-order valence-corrected chi connectivity index (χ4v) is 2.57. The van der Waals surface area contributed by atoms with Crippen molar-refractivity contribution >= 4 is 17.3 Å². The topological polar surface area (TPSA) is 9.23 Å². The van der Waals surface area contributed by atoms with Crippen LogP contribution in [0.5, 0.6) is 0 Å². The van der Waals surface area contributed by atoms with Gasteiger partial charge < -0.3 is 4.74 Å². The minimum absolute atomic E-state index is 0.492. The Morgan fingerprint density at radius 2 is 1.37 bits per heavy atom. The number of hydrogen-bond donors (Lipinski definition) is 0. The fourth-order valence-electron chi connectivity index (χ4n) is 2.43. The van der Waals surface area contributed by atoms with Gasteiger partial charge in [0.05, 0.1) is 0 Å². The van der Waals surface area contributed by atoms with Gasteiger partial charge in [-0.1, -0.05) is 67.6 Å². The first kappa shape index (κ1) is 13.8. The summed E-state index contributed by atoms with van der Waals surface area (Å²) in [7, 11) is 0. The first-order chi connectivity index (χ1) is 9.19. The number of hydrogen-bond acceptors (Lipinski definition) is 2. The summed E-state index contributed by atoms with van der Waals surface area (Å²) >= 11 is 5.19. The molecule has 0 radical (unpaired) electrons. The van der Waals surface area contributed by atoms with Gasteiger partial charge in [-0.2, -0.15) is 0 Å². The Bertz CT molecular complexity index is 494. The number of rotatable bonds is 4. The lowest BCUT2D eigenvalue weighted by atomic mass is 9.84. The van der Waals surface area contributed by atoms with Gasteiger partial charge in [0.2, 0.25) is 0 Å². The maximum Gasteiger partial charge on any atom is 0.159 e. The highest BCUT2D eigenvalue weighted by atomic mass is 32.1. The van der Waals surface area contributed by atoms with Crippen LogP contribution in [0.3, 0.4) is 0 Å². The third-order valence-corrected chi connectivity index (χ3v) is 3.38. The van der Waals surface area contributed by atoms with Crippen molar-refractivity contribution in [1.29, 1.82) is 0 Å². The Morgan fingerprint density at radius 1 is 0.947 bits per heavy atom.